The van der Waals surface area contributed by atoms with Crippen molar-refractivity contribution in [2.75, 3.05) is 6.54 Å². The molecule has 7 nitrogen and oxygen atoms in total. The highest BCUT2D eigenvalue weighted by Gasteiger charge is 2.21. The summed E-state index contributed by atoms with van der Waals surface area (Å²) in [6.45, 7) is 0.795. The molecule has 7 heteroatoms. The summed E-state index contributed by atoms with van der Waals surface area (Å²) in [6.07, 6.45) is 4.09. The minimum atomic E-state index is -0.178. The van der Waals surface area contributed by atoms with Crippen molar-refractivity contribution in [1.82, 2.24) is 25.1 Å². The van der Waals surface area contributed by atoms with Gasteiger partial charge in [0.15, 0.2) is 5.69 Å². The van der Waals surface area contributed by atoms with Crippen molar-refractivity contribution in [1.29, 1.82) is 0 Å². The first-order valence-electron chi connectivity index (χ1n) is 8.26. The smallest absolute Gasteiger partial charge is 0.326 e. The number of nitrogens with zero attached hydrogens (tertiary/aromatic N) is 2. The number of imidazole rings is 1. The van der Waals surface area contributed by atoms with Crippen LogP contribution in [0.2, 0.25) is 0 Å². The molecule has 0 bridgehead atoms. The zero-order valence-electron chi connectivity index (χ0n) is 13.3. The van der Waals surface area contributed by atoms with Gasteiger partial charge in [0.25, 0.3) is 5.91 Å². The fourth-order valence-corrected chi connectivity index (χ4v) is 3.36. The van der Waals surface area contributed by atoms with E-state index in [1.54, 1.807) is 4.57 Å². The van der Waals surface area contributed by atoms with E-state index in [4.69, 9.17) is 0 Å². The standard InChI is InChI=1S/C17H19N5O2/c23-16(15-11-5-1-2-6-12(11)20-21-15)18-9-10-22-14-8-4-3-7-13(14)19-17(22)24/h3-4,7-8H,1-2,5-6,9-10H2,(H,18,23)(H,19,24)(H,20,21). The highest BCUT2D eigenvalue weighted by atomic mass is 16.2. The summed E-state index contributed by atoms with van der Waals surface area (Å²) < 4.78 is 1.63. The molecule has 124 valence electrons. The van der Waals surface area contributed by atoms with Gasteiger partial charge in [-0.15, -0.1) is 0 Å². The minimum absolute atomic E-state index is 0.164. The number of aromatic amines is 2. The number of H-pyrrole nitrogens is 2. The quantitative estimate of drug-likeness (QED) is 0.676. The topological polar surface area (TPSA) is 95.6 Å². The maximum absolute atomic E-state index is 12.4. The van der Waals surface area contributed by atoms with Gasteiger partial charge >= 0.3 is 5.69 Å². The number of hydrogen-bond acceptors (Lipinski definition) is 3. The average Bonchev–Trinajstić information content (AvgIpc) is 3.16. The normalized spacial score (nSPS) is 13.8. The molecule has 0 spiro atoms. The van der Waals surface area contributed by atoms with Crippen LogP contribution in [0.4, 0.5) is 0 Å². The van der Waals surface area contributed by atoms with Crippen LogP contribution in [0, 0.1) is 0 Å². The summed E-state index contributed by atoms with van der Waals surface area (Å²) in [4.78, 5) is 27.2. The molecular formula is C17H19N5O2. The Morgan fingerprint density at radius 1 is 1.25 bits per heavy atom. The van der Waals surface area contributed by atoms with Crippen LogP contribution in [0.25, 0.3) is 11.0 Å². The molecule has 1 amide bonds. The molecule has 0 fully saturated rings. The summed E-state index contributed by atoms with van der Waals surface area (Å²) in [6, 6.07) is 7.52. The Morgan fingerprint density at radius 3 is 3.00 bits per heavy atom. The number of nitrogens with one attached hydrogen (secondary N) is 3. The van der Waals surface area contributed by atoms with Crippen LogP contribution >= 0.6 is 0 Å². The molecule has 0 saturated heterocycles. The predicted molar refractivity (Wildman–Crippen MR) is 90.1 cm³/mol. The number of amides is 1. The summed E-state index contributed by atoms with van der Waals surface area (Å²) >= 11 is 0. The third kappa shape index (κ3) is 2.51. The van der Waals surface area contributed by atoms with E-state index in [-0.39, 0.29) is 11.6 Å². The van der Waals surface area contributed by atoms with E-state index >= 15 is 0 Å². The van der Waals surface area contributed by atoms with Gasteiger partial charge in [0, 0.05) is 24.3 Å². The monoisotopic (exact) mass is 325 g/mol. The van der Waals surface area contributed by atoms with Gasteiger partial charge in [-0.2, -0.15) is 5.10 Å². The fourth-order valence-electron chi connectivity index (χ4n) is 3.36. The second-order valence-electron chi connectivity index (χ2n) is 6.09. The van der Waals surface area contributed by atoms with E-state index in [9.17, 15) is 9.59 Å². The van der Waals surface area contributed by atoms with E-state index in [1.165, 1.54) is 0 Å². The summed E-state index contributed by atoms with van der Waals surface area (Å²) in [5, 5.41) is 10.0. The van der Waals surface area contributed by atoms with Crippen molar-refractivity contribution >= 4 is 16.9 Å². The maximum Gasteiger partial charge on any atom is 0.326 e. The highest BCUT2D eigenvalue weighted by Crippen LogP contribution is 2.21. The first-order chi connectivity index (χ1) is 11.7. The molecule has 0 saturated carbocycles. The predicted octanol–water partition coefficient (Wildman–Crippen LogP) is 1.36. The number of fused-ring (bicyclic) bond motifs is 2. The highest BCUT2D eigenvalue weighted by molar-refractivity contribution is 5.94. The number of benzene rings is 1. The van der Waals surface area contributed by atoms with Crippen molar-refractivity contribution in [2.45, 2.75) is 32.2 Å². The van der Waals surface area contributed by atoms with Crippen LogP contribution in [0.3, 0.4) is 0 Å². The van der Waals surface area contributed by atoms with Gasteiger partial charge in [0.2, 0.25) is 0 Å². The Kier molecular flexibility index (Phi) is 3.68. The molecule has 0 unspecified atom stereocenters. The molecular weight excluding hydrogens is 306 g/mol. The summed E-state index contributed by atoms with van der Waals surface area (Å²) in [5.74, 6) is -0.178. The van der Waals surface area contributed by atoms with E-state index in [1.807, 2.05) is 24.3 Å². The average molecular weight is 325 g/mol. The van der Waals surface area contributed by atoms with Crippen molar-refractivity contribution < 1.29 is 4.79 Å². The van der Waals surface area contributed by atoms with Gasteiger partial charge in [0.1, 0.15) is 0 Å². The SMILES string of the molecule is O=C(NCCn1c(=O)[nH]c2ccccc21)c1n[nH]c2c1CCCC2. The molecule has 4 rings (SSSR count). The largest absolute Gasteiger partial charge is 0.349 e. The van der Waals surface area contributed by atoms with Gasteiger partial charge in [0.05, 0.1) is 11.0 Å². The van der Waals surface area contributed by atoms with E-state index in [0.717, 1.165) is 48.0 Å². The molecule has 0 radical (unpaired) electrons. The van der Waals surface area contributed by atoms with Gasteiger partial charge in [-0.25, -0.2) is 4.79 Å². The molecule has 2 heterocycles. The van der Waals surface area contributed by atoms with Crippen LogP contribution in [0.1, 0.15) is 34.6 Å². The zero-order chi connectivity index (χ0) is 16.5. The Labute approximate surface area is 138 Å². The lowest BCUT2D eigenvalue weighted by molar-refractivity contribution is 0.0946. The lowest BCUT2D eigenvalue weighted by atomic mass is 9.96. The van der Waals surface area contributed by atoms with Gasteiger partial charge in [-0.1, -0.05) is 12.1 Å². The van der Waals surface area contributed by atoms with Gasteiger partial charge in [-0.3, -0.25) is 14.5 Å². The zero-order valence-corrected chi connectivity index (χ0v) is 13.3. The van der Waals surface area contributed by atoms with Crippen LogP contribution in [0.5, 0.6) is 0 Å². The Hall–Kier alpha value is -2.83. The maximum atomic E-state index is 12.4. The van der Waals surface area contributed by atoms with Crippen LogP contribution < -0.4 is 11.0 Å². The first kappa shape index (κ1) is 14.7. The molecule has 0 aliphatic heterocycles. The number of para-hydroxylation sites is 2. The molecule has 2 aromatic heterocycles. The number of hydrogen-bond donors (Lipinski definition) is 3. The molecule has 0 atom stereocenters. The Bertz CT molecular complexity index is 949. The van der Waals surface area contributed by atoms with Crippen molar-refractivity contribution in [3.05, 3.63) is 51.7 Å². The summed E-state index contributed by atoms with van der Waals surface area (Å²) in [7, 11) is 0. The number of carbonyl (C=O) groups excluding carboxylic acids is 1. The third-order valence-corrected chi connectivity index (χ3v) is 4.57. The van der Waals surface area contributed by atoms with E-state index in [0.29, 0.717) is 18.8 Å². The number of aromatic nitrogens is 4. The number of rotatable bonds is 4. The molecule has 1 aliphatic carbocycles. The number of carbonyl (C=O) groups is 1. The van der Waals surface area contributed by atoms with Crippen molar-refractivity contribution in [3.63, 3.8) is 0 Å². The van der Waals surface area contributed by atoms with Crippen LogP contribution in [-0.2, 0) is 19.4 Å². The Morgan fingerprint density at radius 2 is 2.08 bits per heavy atom. The molecule has 1 aromatic carbocycles. The molecule has 1 aliphatic rings. The lowest BCUT2D eigenvalue weighted by Crippen LogP contribution is -2.31. The number of aryl methyl sites for hydroxylation is 1. The van der Waals surface area contributed by atoms with E-state index < -0.39 is 0 Å². The molecule has 24 heavy (non-hydrogen) atoms. The van der Waals surface area contributed by atoms with Gasteiger partial charge in [-0.05, 0) is 37.8 Å². The second kappa shape index (κ2) is 5.99. The third-order valence-electron chi connectivity index (χ3n) is 4.57. The van der Waals surface area contributed by atoms with Crippen LogP contribution in [0.15, 0.2) is 29.1 Å². The minimum Gasteiger partial charge on any atom is -0.349 e. The Balaban J connectivity index is 1.45. The molecule has 3 aromatic rings. The van der Waals surface area contributed by atoms with Crippen LogP contribution in [-0.4, -0.2) is 32.2 Å². The van der Waals surface area contributed by atoms with Gasteiger partial charge < -0.3 is 10.3 Å². The van der Waals surface area contributed by atoms with Crippen molar-refractivity contribution in [3.8, 4) is 0 Å². The van der Waals surface area contributed by atoms with E-state index in [2.05, 4.69) is 20.5 Å². The fraction of sp³-hybridized carbons (Fsp3) is 0.353. The first-order valence-corrected chi connectivity index (χ1v) is 8.26. The van der Waals surface area contributed by atoms with Crippen molar-refractivity contribution in [2.24, 2.45) is 0 Å². The summed E-state index contributed by atoms with van der Waals surface area (Å²) in [5.41, 5.74) is 4.10. The lowest BCUT2D eigenvalue weighted by Gasteiger charge is -2.11. The molecule has 3 N–H and O–H groups in total. The second-order valence-corrected chi connectivity index (χ2v) is 6.09.